The Bertz CT molecular complexity index is 991. The number of ether oxygens (including phenoxy) is 1. The molecule has 0 spiro atoms. The largest absolute Gasteiger partial charge is 0.481 e. The minimum Gasteiger partial charge on any atom is -0.481 e. The SMILES string of the molecule is CC(CCNC(=O)C1CCCC1NC(=O)OCC1c2ccccc2-c2ccccc21)C(=O)O. The highest BCUT2D eigenvalue weighted by molar-refractivity contribution is 5.81. The summed E-state index contributed by atoms with van der Waals surface area (Å²) < 4.78 is 5.62. The summed E-state index contributed by atoms with van der Waals surface area (Å²) in [5.74, 6) is -1.87. The number of aliphatic carboxylic acids is 1. The van der Waals surface area contributed by atoms with E-state index < -0.39 is 18.0 Å². The maximum atomic E-state index is 12.6. The molecule has 0 aliphatic heterocycles. The van der Waals surface area contributed by atoms with Gasteiger partial charge < -0.3 is 20.5 Å². The van der Waals surface area contributed by atoms with Crippen LogP contribution in [-0.4, -0.2) is 42.3 Å². The van der Waals surface area contributed by atoms with Gasteiger partial charge in [-0.1, -0.05) is 61.9 Å². The summed E-state index contributed by atoms with van der Waals surface area (Å²) in [7, 11) is 0. The molecule has 2 aromatic carbocycles. The van der Waals surface area contributed by atoms with Crippen molar-refractivity contribution in [2.45, 2.75) is 44.6 Å². The van der Waals surface area contributed by atoms with Gasteiger partial charge in [-0.2, -0.15) is 0 Å². The molecule has 2 aliphatic carbocycles. The molecule has 0 heterocycles. The van der Waals surface area contributed by atoms with Crippen molar-refractivity contribution in [2.75, 3.05) is 13.2 Å². The Morgan fingerprint density at radius 2 is 1.67 bits per heavy atom. The van der Waals surface area contributed by atoms with E-state index in [0.717, 1.165) is 17.5 Å². The van der Waals surface area contributed by atoms with E-state index in [2.05, 4.69) is 34.9 Å². The van der Waals surface area contributed by atoms with E-state index in [1.54, 1.807) is 6.92 Å². The molecule has 1 fully saturated rings. The Balaban J connectivity index is 1.31. The summed E-state index contributed by atoms with van der Waals surface area (Å²) in [6.07, 6.45) is 2.11. The van der Waals surface area contributed by atoms with Gasteiger partial charge in [0.05, 0.1) is 11.8 Å². The lowest BCUT2D eigenvalue weighted by Gasteiger charge is -2.21. The van der Waals surface area contributed by atoms with Crippen molar-refractivity contribution in [3.8, 4) is 11.1 Å². The topological polar surface area (TPSA) is 105 Å². The maximum Gasteiger partial charge on any atom is 0.407 e. The van der Waals surface area contributed by atoms with Crippen LogP contribution in [0.4, 0.5) is 4.79 Å². The molecule has 7 heteroatoms. The van der Waals surface area contributed by atoms with Gasteiger partial charge >= 0.3 is 12.1 Å². The van der Waals surface area contributed by atoms with Crippen molar-refractivity contribution in [3.05, 3.63) is 59.7 Å². The van der Waals surface area contributed by atoms with Crippen molar-refractivity contribution < 1.29 is 24.2 Å². The zero-order valence-corrected chi connectivity index (χ0v) is 18.8. The number of benzene rings is 2. The monoisotopic (exact) mass is 450 g/mol. The number of hydrogen-bond acceptors (Lipinski definition) is 4. The van der Waals surface area contributed by atoms with Crippen LogP contribution >= 0.6 is 0 Å². The fourth-order valence-electron chi connectivity index (χ4n) is 4.90. The van der Waals surface area contributed by atoms with Crippen LogP contribution in [0.5, 0.6) is 0 Å². The maximum absolute atomic E-state index is 12.6. The second-order valence-corrected chi connectivity index (χ2v) is 8.93. The predicted octanol–water partition coefficient (Wildman–Crippen LogP) is 3.92. The number of amides is 2. The fourth-order valence-corrected chi connectivity index (χ4v) is 4.90. The molecule has 0 radical (unpaired) electrons. The summed E-state index contributed by atoms with van der Waals surface area (Å²) in [5.41, 5.74) is 4.65. The molecule has 2 aliphatic rings. The number of alkyl carbamates (subject to hydrolysis) is 1. The van der Waals surface area contributed by atoms with Crippen LogP contribution in [0.2, 0.25) is 0 Å². The van der Waals surface area contributed by atoms with E-state index in [4.69, 9.17) is 9.84 Å². The lowest BCUT2D eigenvalue weighted by molar-refractivity contribution is -0.141. The van der Waals surface area contributed by atoms with Gasteiger partial charge in [0, 0.05) is 18.5 Å². The third-order valence-electron chi connectivity index (χ3n) is 6.80. The van der Waals surface area contributed by atoms with Crippen LogP contribution in [0.15, 0.2) is 48.5 Å². The van der Waals surface area contributed by atoms with Gasteiger partial charge in [0.1, 0.15) is 6.61 Å². The van der Waals surface area contributed by atoms with E-state index in [9.17, 15) is 14.4 Å². The molecule has 1 saturated carbocycles. The van der Waals surface area contributed by atoms with Crippen molar-refractivity contribution in [3.63, 3.8) is 0 Å². The number of carbonyl (C=O) groups is 3. The molecule has 174 valence electrons. The van der Waals surface area contributed by atoms with Gasteiger partial charge in [-0.05, 0) is 41.5 Å². The van der Waals surface area contributed by atoms with Crippen LogP contribution < -0.4 is 10.6 Å². The first-order valence-electron chi connectivity index (χ1n) is 11.6. The van der Waals surface area contributed by atoms with Crippen LogP contribution in [0.25, 0.3) is 11.1 Å². The van der Waals surface area contributed by atoms with Crippen LogP contribution in [0.3, 0.4) is 0 Å². The van der Waals surface area contributed by atoms with Gasteiger partial charge in [-0.3, -0.25) is 9.59 Å². The molecule has 4 rings (SSSR count). The Morgan fingerprint density at radius 1 is 1.03 bits per heavy atom. The quantitative estimate of drug-likeness (QED) is 0.565. The summed E-state index contributed by atoms with van der Waals surface area (Å²) in [6.45, 7) is 2.16. The van der Waals surface area contributed by atoms with Gasteiger partial charge in [0.25, 0.3) is 0 Å². The zero-order valence-electron chi connectivity index (χ0n) is 18.8. The van der Waals surface area contributed by atoms with E-state index >= 15 is 0 Å². The van der Waals surface area contributed by atoms with Crippen molar-refractivity contribution in [1.29, 1.82) is 0 Å². The molecule has 3 N–H and O–H groups in total. The lowest BCUT2D eigenvalue weighted by Crippen LogP contribution is -2.44. The minimum absolute atomic E-state index is 0.0120. The molecular weight excluding hydrogens is 420 g/mol. The number of carboxylic acids is 1. The lowest BCUT2D eigenvalue weighted by atomic mass is 9.98. The van der Waals surface area contributed by atoms with E-state index in [1.807, 2.05) is 24.3 Å². The number of carbonyl (C=O) groups excluding carboxylic acids is 2. The van der Waals surface area contributed by atoms with Crippen molar-refractivity contribution in [1.82, 2.24) is 10.6 Å². The Hall–Kier alpha value is -3.35. The van der Waals surface area contributed by atoms with E-state index in [1.165, 1.54) is 11.1 Å². The summed E-state index contributed by atoms with van der Waals surface area (Å²) in [5, 5.41) is 14.7. The summed E-state index contributed by atoms with van der Waals surface area (Å²) in [6, 6.07) is 16.1. The molecule has 7 nitrogen and oxygen atoms in total. The van der Waals surface area contributed by atoms with Gasteiger partial charge in [-0.25, -0.2) is 4.79 Å². The molecule has 33 heavy (non-hydrogen) atoms. The second-order valence-electron chi connectivity index (χ2n) is 8.93. The standard InChI is InChI=1S/C26H30N2O5/c1-16(25(30)31)13-14-27-24(29)21-11-6-12-23(21)28-26(32)33-15-22-19-9-4-2-7-17(19)18-8-3-5-10-20(18)22/h2-5,7-10,16,21-23H,6,11-15H2,1H3,(H,27,29)(H,28,32)(H,30,31). The molecule has 2 amide bonds. The van der Waals surface area contributed by atoms with Crippen LogP contribution in [-0.2, 0) is 14.3 Å². The molecule has 0 aromatic heterocycles. The number of hydrogen-bond donors (Lipinski definition) is 3. The third-order valence-corrected chi connectivity index (χ3v) is 6.80. The molecule has 3 atom stereocenters. The molecule has 2 aromatic rings. The number of carboxylic acid groups (broad SMARTS) is 1. The third kappa shape index (κ3) is 5.02. The van der Waals surface area contributed by atoms with E-state index in [-0.39, 0.29) is 30.4 Å². The van der Waals surface area contributed by atoms with Crippen LogP contribution in [0.1, 0.15) is 49.7 Å². The Kier molecular flexibility index (Phi) is 6.96. The average molecular weight is 451 g/mol. The average Bonchev–Trinajstić information content (AvgIpc) is 3.40. The van der Waals surface area contributed by atoms with Crippen LogP contribution in [0, 0.1) is 11.8 Å². The minimum atomic E-state index is -0.875. The first kappa shape index (κ1) is 22.8. The highest BCUT2D eigenvalue weighted by atomic mass is 16.5. The number of nitrogens with one attached hydrogen (secondary N) is 2. The second kappa shape index (κ2) is 10.1. The van der Waals surface area contributed by atoms with Crippen molar-refractivity contribution >= 4 is 18.0 Å². The normalized spacial score (nSPS) is 19.9. The summed E-state index contributed by atoms with van der Waals surface area (Å²) >= 11 is 0. The molecule has 0 saturated heterocycles. The number of fused-ring (bicyclic) bond motifs is 3. The first-order chi connectivity index (χ1) is 16.0. The highest BCUT2D eigenvalue weighted by Gasteiger charge is 2.35. The van der Waals surface area contributed by atoms with Gasteiger partial charge in [0.15, 0.2) is 0 Å². The molecule has 0 bridgehead atoms. The van der Waals surface area contributed by atoms with Gasteiger partial charge in [-0.15, -0.1) is 0 Å². The smallest absolute Gasteiger partial charge is 0.407 e. The molecular formula is C26H30N2O5. The zero-order chi connectivity index (χ0) is 23.4. The summed E-state index contributed by atoms with van der Waals surface area (Å²) in [4.78, 5) is 36.1. The first-order valence-corrected chi connectivity index (χ1v) is 11.6. The molecule has 3 unspecified atom stereocenters. The van der Waals surface area contributed by atoms with E-state index in [0.29, 0.717) is 25.8 Å². The highest BCUT2D eigenvalue weighted by Crippen LogP contribution is 2.44. The predicted molar refractivity (Wildman–Crippen MR) is 124 cm³/mol. The van der Waals surface area contributed by atoms with Crippen molar-refractivity contribution in [2.24, 2.45) is 11.8 Å². The number of rotatable bonds is 8. The Labute approximate surface area is 193 Å². The fraction of sp³-hybridized carbons (Fsp3) is 0.423. The Morgan fingerprint density at radius 3 is 2.30 bits per heavy atom. The van der Waals surface area contributed by atoms with Gasteiger partial charge in [0.2, 0.25) is 5.91 Å².